The molecule has 0 fully saturated rings. The molecule has 200 valence electrons. The summed E-state index contributed by atoms with van der Waals surface area (Å²) < 4.78 is 9.13. The first-order valence-corrected chi connectivity index (χ1v) is 12.8. The van der Waals surface area contributed by atoms with Gasteiger partial charge >= 0.3 is 5.69 Å². The third kappa shape index (κ3) is 5.15. The molecule has 0 aliphatic carbocycles. The van der Waals surface area contributed by atoms with Crippen molar-refractivity contribution in [2.24, 2.45) is 11.5 Å². The van der Waals surface area contributed by atoms with E-state index < -0.39 is 0 Å². The smallest absolute Gasteiger partial charge is 0.329 e. The number of amidine groups is 2. The van der Waals surface area contributed by atoms with Crippen molar-refractivity contribution in [2.45, 2.75) is 13.1 Å². The number of nitrogens with one attached hydrogen (secondary N) is 2. The number of nitrogen functional groups attached to an aromatic ring is 2. The maximum atomic E-state index is 14.4. The van der Waals surface area contributed by atoms with Crippen molar-refractivity contribution >= 4 is 11.7 Å². The topological polar surface area (TPSA) is 136 Å². The second-order valence-electron chi connectivity index (χ2n) is 9.44. The Balaban J connectivity index is 1.78. The molecule has 6 N–H and O–H groups in total. The SMILES string of the molecule is COc1ccc(C(=N)N)cc1Cn1c(-c2ccccc2)c(-c2ccccc2)n(Cc2cccc(C(=N)N)c2)c1=O. The van der Waals surface area contributed by atoms with Crippen LogP contribution in [0.25, 0.3) is 22.5 Å². The van der Waals surface area contributed by atoms with Crippen molar-refractivity contribution in [3.8, 4) is 28.3 Å². The van der Waals surface area contributed by atoms with Crippen LogP contribution in [0.1, 0.15) is 22.3 Å². The number of hydrogen-bond donors (Lipinski definition) is 4. The first-order chi connectivity index (χ1) is 19.4. The summed E-state index contributed by atoms with van der Waals surface area (Å²) in [4.78, 5) is 14.4. The Labute approximate surface area is 232 Å². The lowest BCUT2D eigenvalue weighted by Crippen LogP contribution is -2.26. The van der Waals surface area contributed by atoms with E-state index in [0.717, 1.165) is 33.6 Å². The highest BCUT2D eigenvalue weighted by molar-refractivity contribution is 5.95. The first-order valence-electron chi connectivity index (χ1n) is 12.8. The summed E-state index contributed by atoms with van der Waals surface area (Å²) in [5.41, 5.74) is 17.4. The second kappa shape index (κ2) is 11.2. The molecule has 0 unspecified atom stereocenters. The Kier molecular flexibility index (Phi) is 7.33. The third-order valence-corrected chi connectivity index (χ3v) is 6.82. The number of nitrogens with two attached hydrogens (primary N) is 2. The second-order valence-corrected chi connectivity index (χ2v) is 9.44. The zero-order chi connectivity index (χ0) is 28.2. The molecule has 0 saturated heterocycles. The van der Waals surface area contributed by atoms with Crippen LogP contribution in [0.3, 0.4) is 0 Å². The van der Waals surface area contributed by atoms with Crippen molar-refractivity contribution < 1.29 is 4.74 Å². The summed E-state index contributed by atoms with van der Waals surface area (Å²) in [6.07, 6.45) is 0. The van der Waals surface area contributed by atoms with Crippen LogP contribution in [0.2, 0.25) is 0 Å². The molecule has 8 heteroatoms. The predicted octanol–water partition coefficient (Wildman–Crippen LogP) is 4.66. The van der Waals surface area contributed by atoms with Crippen molar-refractivity contribution in [1.82, 2.24) is 9.13 Å². The largest absolute Gasteiger partial charge is 0.496 e. The molecule has 0 saturated carbocycles. The molecular formula is C32H30N6O2. The summed E-state index contributed by atoms with van der Waals surface area (Å²) in [6, 6.07) is 32.3. The Hall–Kier alpha value is -5.37. The monoisotopic (exact) mass is 530 g/mol. The number of aromatic nitrogens is 2. The highest BCUT2D eigenvalue weighted by Gasteiger charge is 2.24. The van der Waals surface area contributed by atoms with Crippen molar-refractivity contribution in [2.75, 3.05) is 7.11 Å². The van der Waals surface area contributed by atoms with E-state index in [1.54, 1.807) is 40.5 Å². The van der Waals surface area contributed by atoms with Crippen LogP contribution in [0.15, 0.2) is 108 Å². The molecule has 5 rings (SSSR count). The highest BCUT2D eigenvalue weighted by Crippen LogP contribution is 2.33. The highest BCUT2D eigenvalue weighted by atomic mass is 16.5. The average Bonchev–Trinajstić information content (AvgIpc) is 3.24. The lowest BCUT2D eigenvalue weighted by Gasteiger charge is -2.14. The Morgan fingerprint density at radius 3 is 1.80 bits per heavy atom. The van der Waals surface area contributed by atoms with Gasteiger partial charge in [0.05, 0.1) is 31.6 Å². The normalized spacial score (nSPS) is 10.8. The number of imidazole rings is 1. The van der Waals surface area contributed by atoms with Gasteiger partial charge in [0.15, 0.2) is 0 Å². The first kappa shape index (κ1) is 26.2. The zero-order valence-electron chi connectivity index (χ0n) is 22.1. The molecule has 1 aromatic heterocycles. The van der Waals surface area contributed by atoms with Crippen molar-refractivity contribution in [3.05, 3.63) is 136 Å². The van der Waals surface area contributed by atoms with Crippen molar-refractivity contribution in [3.63, 3.8) is 0 Å². The minimum atomic E-state index is -0.207. The molecule has 0 bridgehead atoms. The molecule has 0 amide bonds. The molecule has 0 spiro atoms. The lowest BCUT2D eigenvalue weighted by molar-refractivity contribution is 0.408. The van der Waals surface area contributed by atoms with E-state index in [-0.39, 0.29) is 30.5 Å². The quantitative estimate of drug-likeness (QED) is 0.163. The van der Waals surface area contributed by atoms with Gasteiger partial charge in [0.1, 0.15) is 17.4 Å². The van der Waals surface area contributed by atoms with Gasteiger partial charge in [-0.3, -0.25) is 20.0 Å². The van der Waals surface area contributed by atoms with Crippen molar-refractivity contribution in [1.29, 1.82) is 10.8 Å². The Morgan fingerprint density at radius 2 is 1.25 bits per heavy atom. The van der Waals surface area contributed by atoms with Crippen LogP contribution >= 0.6 is 0 Å². The van der Waals surface area contributed by atoms with Crippen LogP contribution in [-0.2, 0) is 13.1 Å². The molecule has 1 heterocycles. The standard InChI is InChI=1S/C32H30N6O2/c1-40-27-16-15-25(31(35)36)18-26(27)20-38-29(23-12-6-3-7-13-23)28(22-10-4-2-5-11-22)37(32(38)39)19-21-9-8-14-24(17-21)30(33)34/h2-18H,19-20H2,1H3,(H3,33,34)(H3,35,36). The number of hydrogen-bond acceptors (Lipinski definition) is 4. The molecule has 0 aliphatic rings. The van der Waals surface area contributed by atoms with Crippen LogP contribution in [0.4, 0.5) is 0 Å². The summed E-state index contributed by atoms with van der Waals surface area (Å²) in [6.45, 7) is 0.481. The van der Waals surface area contributed by atoms with Gasteiger partial charge in [0.2, 0.25) is 0 Å². The number of nitrogens with zero attached hydrogens (tertiary/aromatic N) is 2. The van der Waals surface area contributed by atoms with Crippen LogP contribution in [0, 0.1) is 10.8 Å². The average molecular weight is 531 g/mol. The molecule has 4 aromatic carbocycles. The fourth-order valence-corrected chi connectivity index (χ4v) is 4.92. The van der Waals surface area contributed by atoms with E-state index in [9.17, 15) is 4.79 Å². The summed E-state index contributed by atoms with van der Waals surface area (Å²) in [5, 5.41) is 15.8. The molecule has 40 heavy (non-hydrogen) atoms. The van der Waals surface area contributed by atoms with Gasteiger partial charge in [0.25, 0.3) is 0 Å². The van der Waals surface area contributed by atoms with Gasteiger partial charge in [-0.15, -0.1) is 0 Å². The van der Waals surface area contributed by atoms with Gasteiger partial charge in [-0.05, 0) is 29.8 Å². The van der Waals surface area contributed by atoms with E-state index in [4.69, 9.17) is 27.0 Å². The summed E-state index contributed by atoms with van der Waals surface area (Å²) in [5.74, 6) is 0.504. The van der Waals surface area contributed by atoms with Gasteiger partial charge in [0, 0.05) is 27.8 Å². The van der Waals surface area contributed by atoms with Gasteiger partial charge < -0.3 is 16.2 Å². The van der Waals surface area contributed by atoms with Gasteiger partial charge in [-0.25, -0.2) is 4.79 Å². The van der Waals surface area contributed by atoms with E-state index in [1.807, 2.05) is 78.9 Å². The van der Waals surface area contributed by atoms with E-state index >= 15 is 0 Å². The van der Waals surface area contributed by atoms with Gasteiger partial charge in [-0.1, -0.05) is 78.9 Å². The Bertz CT molecular complexity index is 1750. The predicted molar refractivity (Wildman–Crippen MR) is 159 cm³/mol. The number of rotatable bonds is 9. The number of ether oxygens (including phenoxy) is 1. The number of methoxy groups -OCH3 is 1. The minimum absolute atomic E-state index is 0.0301. The summed E-state index contributed by atoms with van der Waals surface area (Å²) >= 11 is 0. The van der Waals surface area contributed by atoms with E-state index in [2.05, 4.69) is 0 Å². The fourth-order valence-electron chi connectivity index (χ4n) is 4.92. The van der Waals surface area contributed by atoms with E-state index in [1.165, 1.54) is 0 Å². The zero-order valence-corrected chi connectivity index (χ0v) is 22.1. The maximum absolute atomic E-state index is 14.4. The van der Waals surface area contributed by atoms with Gasteiger partial charge in [-0.2, -0.15) is 0 Å². The fraction of sp³-hybridized carbons (Fsp3) is 0.0938. The summed E-state index contributed by atoms with van der Waals surface area (Å²) in [7, 11) is 1.58. The molecular weight excluding hydrogens is 500 g/mol. The molecule has 0 radical (unpaired) electrons. The Morgan fingerprint density at radius 1 is 0.700 bits per heavy atom. The number of benzene rings is 4. The van der Waals surface area contributed by atoms with Crippen LogP contribution < -0.4 is 21.9 Å². The molecule has 0 aliphatic heterocycles. The van der Waals surface area contributed by atoms with E-state index in [0.29, 0.717) is 16.9 Å². The minimum Gasteiger partial charge on any atom is -0.496 e. The van der Waals surface area contributed by atoms with Crippen LogP contribution in [-0.4, -0.2) is 27.9 Å². The molecule has 0 atom stereocenters. The maximum Gasteiger partial charge on any atom is 0.329 e. The lowest BCUT2D eigenvalue weighted by atomic mass is 10.0. The van der Waals surface area contributed by atoms with Crippen LogP contribution in [0.5, 0.6) is 5.75 Å². The molecule has 8 nitrogen and oxygen atoms in total. The molecule has 5 aromatic rings. The third-order valence-electron chi connectivity index (χ3n) is 6.82.